The van der Waals surface area contributed by atoms with E-state index in [2.05, 4.69) is 15.5 Å². The first-order valence-electron chi connectivity index (χ1n) is 16.1. The lowest BCUT2D eigenvalue weighted by Crippen LogP contribution is -2.66. The molecule has 3 heterocycles. The van der Waals surface area contributed by atoms with Crippen LogP contribution in [0.1, 0.15) is 76.8 Å². The van der Waals surface area contributed by atoms with Crippen molar-refractivity contribution in [1.29, 1.82) is 5.41 Å². The highest BCUT2D eigenvalue weighted by atomic mass is 16.5. The van der Waals surface area contributed by atoms with Gasteiger partial charge in [0.2, 0.25) is 17.7 Å². The van der Waals surface area contributed by atoms with Crippen LogP contribution < -0.4 is 21.1 Å². The molecule has 4 aliphatic rings. The molecular formula is C32H48N6O5. The topological polar surface area (TPSA) is 150 Å². The lowest BCUT2D eigenvalue weighted by atomic mass is 9.82. The summed E-state index contributed by atoms with van der Waals surface area (Å²) >= 11 is 0. The van der Waals surface area contributed by atoms with Crippen LogP contribution in [0.5, 0.6) is 5.75 Å². The molecule has 11 nitrogen and oxygen atoms in total. The van der Waals surface area contributed by atoms with Crippen molar-refractivity contribution in [1.82, 2.24) is 20.4 Å². The number of nitrogens with zero attached hydrogens (tertiary/aromatic N) is 2. The summed E-state index contributed by atoms with van der Waals surface area (Å²) in [4.78, 5) is 46.0. The first-order chi connectivity index (χ1) is 20.7. The van der Waals surface area contributed by atoms with Gasteiger partial charge in [0.25, 0.3) is 0 Å². The lowest BCUT2D eigenvalue weighted by molar-refractivity contribution is -0.149. The summed E-state index contributed by atoms with van der Waals surface area (Å²) in [5.41, 5.74) is 6.53. The van der Waals surface area contributed by atoms with Gasteiger partial charge in [-0.25, -0.2) is 0 Å². The highest BCUT2D eigenvalue weighted by Crippen LogP contribution is 2.34. The van der Waals surface area contributed by atoms with Crippen molar-refractivity contribution < 1.29 is 23.9 Å². The summed E-state index contributed by atoms with van der Waals surface area (Å²) in [5.74, 6) is -0.476. The van der Waals surface area contributed by atoms with E-state index >= 15 is 0 Å². The van der Waals surface area contributed by atoms with Crippen molar-refractivity contribution >= 4 is 23.6 Å². The van der Waals surface area contributed by atoms with Crippen LogP contribution in [0.15, 0.2) is 24.3 Å². The SMILES string of the molecule is CCO[C@@H]1C[C@@H]2CN(C(=O)[C@@H](NC(=O)[C@H](C)CC(=N)N)C3CCCCC3)[C@H](C(=O)N[C@@H]3CCOc4ccccc43)CN2C1. The third-order valence-corrected chi connectivity index (χ3v) is 9.60. The number of carbonyl (C=O) groups excluding carboxylic acids is 3. The molecule has 3 aliphatic heterocycles. The van der Waals surface area contributed by atoms with Crippen molar-refractivity contribution in [2.45, 2.75) is 95.5 Å². The molecule has 1 aliphatic carbocycles. The van der Waals surface area contributed by atoms with E-state index in [0.717, 1.165) is 56.4 Å². The molecule has 6 atom stereocenters. The number of nitrogens with two attached hydrogens (primary N) is 1. The number of amidine groups is 1. The van der Waals surface area contributed by atoms with Gasteiger partial charge >= 0.3 is 0 Å². The predicted molar refractivity (Wildman–Crippen MR) is 163 cm³/mol. The number of benzene rings is 1. The fourth-order valence-electron chi connectivity index (χ4n) is 7.36. The fourth-order valence-corrected chi connectivity index (χ4v) is 7.36. The number of hydrogen-bond donors (Lipinski definition) is 4. The quantitative estimate of drug-likeness (QED) is 0.239. The maximum Gasteiger partial charge on any atom is 0.246 e. The number of rotatable bonds is 10. The molecule has 0 radical (unpaired) electrons. The molecule has 1 saturated carbocycles. The number of fused-ring (bicyclic) bond motifs is 2. The standard InChI is InChI=1S/C32H48N6O5/c1-3-42-23-16-22-17-38(32(41)29(21-9-5-4-6-10-21)36-30(39)20(2)15-28(33)34)26(19-37(22)18-23)31(40)35-25-13-14-43-27-12-8-7-11-24(25)27/h7-8,11-12,20-23,25-26,29H,3-6,9-10,13-19H2,1-2H3,(H3,33,34)(H,35,40)(H,36,39)/t20-,22-,23-,25-,26+,29+/m1/s1. The minimum Gasteiger partial charge on any atom is -0.493 e. The number of para-hydroxylation sites is 1. The Morgan fingerprint density at radius 1 is 1.12 bits per heavy atom. The minimum absolute atomic E-state index is 0.00131. The molecular weight excluding hydrogens is 548 g/mol. The average Bonchev–Trinajstić information content (AvgIpc) is 3.40. The van der Waals surface area contributed by atoms with Gasteiger partial charge in [-0.15, -0.1) is 0 Å². The second-order valence-electron chi connectivity index (χ2n) is 12.7. The van der Waals surface area contributed by atoms with Gasteiger partial charge in [0, 0.05) is 56.6 Å². The molecule has 5 rings (SSSR count). The molecule has 0 bridgehead atoms. The molecule has 236 valence electrons. The maximum atomic E-state index is 14.6. The van der Waals surface area contributed by atoms with Crippen LogP contribution in [0.4, 0.5) is 0 Å². The molecule has 1 aromatic rings. The van der Waals surface area contributed by atoms with Gasteiger partial charge in [0.15, 0.2) is 0 Å². The molecule has 5 N–H and O–H groups in total. The van der Waals surface area contributed by atoms with Crippen LogP contribution in [0, 0.1) is 17.2 Å². The van der Waals surface area contributed by atoms with Gasteiger partial charge in [-0.1, -0.05) is 44.4 Å². The highest BCUT2D eigenvalue weighted by Gasteiger charge is 2.47. The Morgan fingerprint density at radius 3 is 2.63 bits per heavy atom. The number of nitrogens with one attached hydrogen (secondary N) is 3. The second-order valence-corrected chi connectivity index (χ2v) is 12.7. The Kier molecular flexibility index (Phi) is 10.2. The molecule has 0 spiro atoms. The van der Waals surface area contributed by atoms with Gasteiger partial charge in [-0.3, -0.25) is 24.7 Å². The van der Waals surface area contributed by atoms with Gasteiger partial charge < -0.3 is 30.7 Å². The number of hydrogen-bond acceptors (Lipinski definition) is 7. The normalized spacial score (nSPS) is 27.3. The zero-order valence-corrected chi connectivity index (χ0v) is 25.6. The summed E-state index contributed by atoms with van der Waals surface area (Å²) < 4.78 is 11.8. The fraction of sp³-hybridized carbons (Fsp3) is 0.688. The molecule has 43 heavy (non-hydrogen) atoms. The second kappa shape index (κ2) is 14.1. The Morgan fingerprint density at radius 2 is 1.88 bits per heavy atom. The van der Waals surface area contributed by atoms with Gasteiger partial charge in [0.05, 0.1) is 24.6 Å². The Hall–Kier alpha value is -3.18. The Labute approximate surface area is 254 Å². The van der Waals surface area contributed by atoms with E-state index in [0.29, 0.717) is 32.7 Å². The average molecular weight is 597 g/mol. The highest BCUT2D eigenvalue weighted by molar-refractivity contribution is 5.94. The number of piperazine rings is 1. The van der Waals surface area contributed by atoms with E-state index in [1.807, 2.05) is 31.2 Å². The molecule has 3 amide bonds. The van der Waals surface area contributed by atoms with Crippen molar-refractivity contribution in [3.8, 4) is 5.75 Å². The van der Waals surface area contributed by atoms with Crippen LogP contribution in [0.25, 0.3) is 0 Å². The van der Waals surface area contributed by atoms with Crippen LogP contribution in [0.3, 0.4) is 0 Å². The molecule has 0 aromatic heterocycles. The van der Waals surface area contributed by atoms with Crippen LogP contribution >= 0.6 is 0 Å². The van der Waals surface area contributed by atoms with Crippen molar-refractivity contribution in [2.75, 3.05) is 32.8 Å². The van der Waals surface area contributed by atoms with Gasteiger partial charge in [-0.05, 0) is 38.2 Å². The predicted octanol–water partition coefficient (Wildman–Crippen LogP) is 2.34. The van der Waals surface area contributed by atoms with Crippen molar-refractivity contribution in [3.63, 3.8) is 0 Å². The zero-order chi connectivity index (χ0) is 30.5. The molecule has 11 heteroatoms. The van der Waals surface area contributed by atoms with E-state index < -0.39 is 18.0 Å². The first-order valence-corrected chi connectivity index (χ1v) is 16.1. The van der Waals surface area contributed by atoms with Gasteiger partial charge in [-0.2, -0.15) is 0 Å². The third kappa shape index (κ3) is 7.32. The zero-order valence-electron chi connectivity index (χ0n) is 25.6. The van der Waals surface area contributed by atoms with E-state index in [4.69, 9.17) is 20.6 Å². The largest absolute Gasteiger partial charge is 0.493 e. The summed E-state index contributed by atoms with van der Waals surface area (Å²) in [6, 6.07) is 6.21. The van der Waals surface area contributed by atoms with E-state index in [-0.39, 0.29) is 54.1 Å². The van der Waals surface area contributed by atoms with Crippen LogP contribution in [0.2, 0.25) is 0 Å². The molecule has 3 fully saturated rings. The Balaban J connectivity index is 1.40. The monoisotopic (exact) mass is 596 g/mol. The molecule has 0 unspecified atom stereocenters. The van der Waals surface area contributed by atoms with Crippen LogP contribution in [-0.4, -0.2) is 90.4 Å². The molecule has 2 saturated heterocycles. The number of ether oxygens (including phenoxy) is 2. The maximum absolute atomic E-state index is 14.6. The molecule has 1 aromatic carbocycles. The summed E-state index contributed by atoms with van der Waals surface area (Å²) in [6.45, 7) is 6.40. The van der Waals surface area contributed by atoms with E-state index in [1.54, 1.807) is 11.8 Å². The van der Waals surface area contributed by atoms with Crippen LogP contribution in [-0.2, 0) is 19.1 Å². The van der Waals surface area contributed by atoms with Crippen molar-refractivity contribution in [3.05, 3.63) is 29.8 Å². The smallest absolute Gasteiger partial charge is 0.246 e. The lowest BCUT2D eigenvalue weighted by Gasteiger charge is -2.45. The van der Waals surface area contributed by atoms with Gasteiger partial charge in [0.1, 0.15) is 17.8 Å². The minimum atomic E-state index is -0.725. The summed E-state index contributed by atoms with van der Waals surface area (Å²) in [7, 11) is 0. The Bertz CT molecular complexity index is 1170. The first kappa shape index (κ1) is 31.3. The number of amides is 3. The van der Waals surface area contributed by atoms with E-state index in [1.165, 1.54) is 0 Å². The van der Waals surface area contributed by atoms with E-state index in [9.17, 15) is 14.4 Å². The summed E-state index contributed by atoms with van der Waals surface area (Å²) in [5, 5.41) is 13.9. The summed E-state index contributed by atoms with van der Waals surface area (Å²) in [6.07, 6.45) is 6.48. The van der Waals surface area contributed by atoms with Crippen molar-refractivity contribution in [2.24, 2.45) is 17.6 Å². The number of carbonyl (C=O) groups is 3. The third-order valence-electron chi connectivity index (χ3n) is 9.60.